The van der Waals surface area contributed by atoms with Crippen molar-refractivity contribution >= 4 is 28.2 Å². The lowest BCUT2D eigenvalue weighted by Gasteiger charge is -2.04. The summed E-state index contributed by atoms with van der Waals surface area (Å²) in [6, 6.07) is 6.18. The van der Waals surface area contributed by atoms with E-state index in [0.717, 1.165) is 16.8 Å². The molecule has 0 saturated heterocycles. The van der Waals surface area contributed by atoms with Crippen molar-refractivity contribution in [3.05, 3.63) is 52.8 Å². The third kappa shape index (κ3) is 3.19. The zero-order valence-corrected chi connectivity index (χ0v) is 13.5. The van der Waals surface area contributed by atoms with Gasteiger partial charge in [-0.2, -0.15) is 0 Å². The van der Waals surface area contributed by atoms with E-state index >= 15 is 0 Å². The van der Waals surface area contributed by atoms with Crippen LogP contribution in [0.25, 0.3) is 11.3 Å². The number of nitrogens with zero attached hydrogens (tertiary/aromatic N) is 3. The molecule has 0 fully saturated rings. The van der Waals surface area contributed by atoms with Crippen molar-refractivity contribution in [3.63, 3.8) is 0 Å². The van der Waals surface area contributed by atoms with Crippen LogP contribution in [0.1, 0.15) is 21.6 Å². The highest BCUT2D eigenvalue weighted by Gasteiger charge is 2.15. The first-order chi connectivity index (χ1) is 11.0. The van der Waals surface area contributed by atoms with Crippen molar-refractivity contribution < 1.29 is 4.79 Å². The van der Waals surface area contributed by atoms with Crippen LogP contribution in [0.4, 0.5) is 10.9 Å². The summed E-state index contributed by atoms with van der Waals surface area (Å²) in [6.45, 7) is 4.09. The Kier molecular flexibility index (Phi) is 4.03. The normalized spacial score (nSPS) is 10.5. The van der Waals surface area contributed by atoms with E-state index in [2.05, 4.69) is 33.3 Å². The van der Waals surface area contributed by atoms with Gasteiger partial charge in [0.05, 0.1) is 5.69 Å². The lowest BCUT2D eigenvalue weighted by molar-refractivity contribution is 0.102. The fourth-order valence-electron chi connectivity index (χ4n) is 2.24. The number of carbonyl (C=O) groups is 1. The summed E-state index contributed by atoms with van der Waals surface area (Å²) in [5.74, 6) is -0.326. The third-order valence-corrected chi connectivity index (χ3v) is 4.08. The lowest BCUT2D eigenvalue weighted by atomic mass is 10.0. The van der Waals surface area contributed by atoms with Gasteiger partial charge in [0.2, 0.25) is 0 Å². The molecular weight excluding hydrogens is 310 g/mol. The average molecular weight is 325 g/mol. The van der Waals surface area contributed by atoms with E-state index < -0.39 is 5.91 Å². The van der Waals surface area contributed by atoms with Crippen LogP contribution in [0.5, 0.6) is 0 Å². The highest BCUT2D eigenvalue weighted by Crippen LogP contribution is 2.28. The van der Waals surface area contributed by atoms with E-state index in [4.69, 9.17) is 5.73 Å². The number of aromatic nitrogens is 3. The Balaban J connectivity index is 1.82. The molecular formula is C16H15N5OS. The van der Waals surface area contributed by atoms with Crippen molar-refractivity contribution in [1.29, 1.82) is 0 Å². The van der Waals surface area contributed by atoms with Gasteiger partial charge in [-0.05, 0) is 19.4 Å². The molecule has 1 aromatic carbocycles. The standard InChI is InChI=1S/C16H15N5OS/c1-9-3-4-11(10(2)7-9)12-8-23-16(20-12)21-15(22)13-14(17)19-6-5-18-13/h3-8H,1-2H3,(H2,17,19)(H,20,21,22). The molecule has 3 aromatic rings. The zero-order valence-electron chi connectivity index (χ0n) is 12.7. The molecule has 0 unspecified atom stereocenters. The van der Waals surface area contributed by atoms with Crippen LogP contribution >= 0.6 is 11.3 Å². The number of thiazole rings is 1. The fraction of sp³-hybridized carbons (Fsp3) is 0.125. The number of nitrogen functional groups attached to an aromatic ring is 1. The van der Waals surface area contributed by atoms with E-state index in [9.17, 15) is 4.79 Å². The summed E-state index contributed by atoms with van der Waals surface area (Å²) in [5.41, 5.74) is 9.97. The van der Waals surface area contributed by atoms with Crippen LogP contribution in [-0.4, -0.2) is 20.9 Å². The van der Waals surface area contributed by atoms with Gasteiger partial charge in [0, 0.05) is 23.3 Å². The van der Waals surface area contributed by atoms with Gasteiger partial charge in [0.15, 0.2) is 16.6 Å². The van der Waals surface area contributed by atoms with Crippen LogP contribution in [0.3, 0.4) is 0 Å². The number of hydrogen-bond acceptors (Lipinski definition) is 6. The summed E-state index contributed by atoms with van der Waals surface area (Å²) in [6.07, 6.45) is 2.86. The first-order valence-corrected chi connectivity index (χ1v) is 7.83. The van der Waals surface area contributed by atoms with E-state index in [1.165, 1.54) is 29.3 Å². The first kappa shape index (κ1) is 15.1. The highest BCUT2D eigenvalue weighted by atomic mass is 32.1. The maximum atomic E-state index is 12.2. The number of anilines is 2. The van der Waals surface area contributed by atoms with Crippen LogP contribution in [-0.2, 0) is 0 Å². The minimum absolute atomic E-state index is 0.0933. The summed E-state index contributed by atoms with van der Waals surface area (Å²) in [4.78, 5) is 24.4. The number of aryl methyl sites for hydroxylation is 2. The van der Waals surface area contributed by atoms with E-state index in [1.54, 1.807) is 0 Å². The number of hydrogen-bond donors (Lipinski definition) is 2. The average Bonchev–Trinajstić information content (AvgIpc) is 2.95. The maximum absolute atomic E-state index is 12.2. The summed E-state index contributed by atoms with van der Waals surface area (Å²) < 4.78 is 0. The van der Waals surface area contributed by atoms with Crippen molar-refractivity contribution in [1.82, 2.24) is 15.0 Å². The fourth-order valence-corrected chi connectivity index (χ4v) is 2.94. The molecule has 2 aromatic heterocycles. The van der Waals surface area contributed by atoms with Gasteiger partial charge >= 0.3 is 0 Å². The Morgan fingerprint density at radius 3 is 2.74 bits per heavy atom. The Hall–Kier alpha value is -2.80. The zero-order chi connectivity index (χ0) is 16.4. The Morgan fingerprint density at radius 1 is 1.22 bits per heavy atom. The number of benzene rings is 1. The number of carbonyl (C=O) groups excluding carboxylic acids is 1. The monoisotopic (exact) mass is 325 g/mol. The summed E-state index contributed by atoms with van der Waals surface area (Å²) in [7, 11) is 0. The second-order valence-corrected chi connectivity index (χ2v) is 5.96. The Labute approximate surface area is 137 Å². The molecule has 0 spiro atoms. The summed E-state index contributed by atoms with van der Waals surface area (Å²) in [5, 5.41) is 5.11. The molecule has 3 N–H and O–H groups in total. The van der Waals surface area contributed by atoms with Crippen LogP contribution in [0.15, 0.2) is 36.0 Å². The quantitative estimate of drug-likeness (QED) is 0.772. The smallest absolute Gasteiger partial charge is 0.279 e. The second kappa shape index (κ2) is 6.13. The van der Waals surface area contributed by atoms with Crippen molar-refractivity contribution in [3.8, 4) is 11.3 Å². The Morgan fingerprint density at radius 2 is 2.00 bits per heavy atom. The number of nitrogens with one attached hydrogen (secondary N) is 1. The first-order valence-electron chi connectivity index (χ1n) is 6.95. The number of nitrogens with two attached hydrogens (primary N) is 1. The van der Waals surface area contributed by atoms with Crippen LogP contribution < -0.4 is 11.1 Å². The molecule has 2 heterocycles. The van der Waals surface area contributed by atoms with E-state index in [1.807, 2.05) is 24.4 Å². The van der Waals surface area contributed by atoms with Crippen molar-refractivity contribution in [2.75, 3.05) is 11.1 Å². The van der Waals surface area contributed by atoms with Gasteiger partial charge in [-0.3, -0.25) is 10.1 Å². The molecule has 0 aliphatic carbocycles. The maximum Gasteiger partial charge on any atom is 0.279 e. The minimum atomic E-state index is -0.419. The van der Waals surface area contributed by atoms with Gasteiger partial charge in [-0.1, -0.05) is 23.8 Å². The van der Waals surface area contributed by atoms with Gasteiger partial charge < -0.3 is 5.73 Å². The molecule has 0 atom stereocenters. The highest BCUT2D eigenvalue weighted by molar-refractivity contribution is 7.14. The molecule has 6 nitrogen and oxygen atoms in total. The van der Waals surface area contributed by atoms with Gasteiger partial charge in [0.1, 0.15) is 0 Å². The predicted octanol–water partition coefficient (Wildman–Crippen LogP) is 3.05. The molecule has 7 heteroatoms. The molecule has 23 heavy (non-hydrogen) atoms. The number of rotatable bonds is 3. The van der Waals surface area contributed by atoms with Crippen LogP contribution in [0.2, 0.25) is 0 Å². The minimum Gasteiger partial charge on any atom is -0.382 e. The van der Waals surface area contributed by atoms with Crippen molar-refractivity contribution in [2.24, 2.45) is 0 Å². The van der Waals surface area contributed by atoms with Crippen LogP contribution in [0, 0.1) is 13.8 Å². The topological polar surface area (TPSA) is 93.8 Å². The van der Waals surface area contributed by atoms with Gasteiger partial charge in [-0.15, -0.1) is 11.3 Å². The molecule has 0 radical (unpaired) electrons. The second-order valence-electron chi connectivity index (χ2n) is 5.10. The number of amides is 1. The van der Waals surface area contributed by atoms with E-state index in [-0.39, 0.29) is 11.5 Å². The van der Waals surface area contributed by atoms with Crippen molar-refractivity contribution in [2.45, 2.75) is 13.8 Å². The predicted molar refractivity (Wildman–Crippen MR) is 91.4 cm³/mol. The molecule has 0 bridgehead atoms. The third-order valence-electron chi connectivity index (χ3n) is 3.32. The lowest BCUT2D eigenvalue weighted by Crippen LogP contribution is -2.16. The van der Waals surface area contributed by atoms with E-state index in [0.29, 0.717) is 5.13 Å². The van der Waals surface area contributed by atoms with Gasteiger partial charge in [-0.25, -0.2) is 15.0 Å². The molecule has 116 valence electrons. The molecule has 0 aliphatic rings. The molecule has 0 aliphatic heterocycles. The SMILES string of the molecule is Cc1ccc(-c2csc(NC(=O)c3nccnc3N)n2)c(C)c1. The largest absolute Gasteiger partial charge is 0.382 e. The Bertz CT molecular complexity index is 874. The molecule has 3 rings (SSSR count). The van der Waals surface area contributed by atoms with Gasteiger partial charge in [0.25, 0.3) is 5.91 Å². The molecule has 1 amide bonds. The molecule has 0 saturated carbocycles. The summed E-state index contributed by atoms with van der Waals surface area (Å²) >= 11 is 1.35.